The van der Waals surface area contributed by atoms with Crippen LogP contribution in [-0.4, -0.2) is 47.1 Å². The molecule has 0 saturated heterocycles. The van der Waals surface area contributed by atoms with Gasteiger partial charge in [0, 0.05) is 28.6 Å². The van der Waals surface area contributed by atoms with Crippen LogP contribution in [-0.2, 0) is 5.41 Å². The number of fused-ring (bicyclic) bond motifs is 1. The van der Waals surface area contributed by atoms with Gasteiger partial charge in [0.1, 0.15) is 11.5 Å². The van der Waals surface area contributed by atoms with Crippen molar-refractivity contribution >= 4 is 28.1 Å². The molecule has 45 heavy (non-hydrogen) atoms. The minimum atomic E-state index is -0.177. The Morgan fingerprint density at radius 1 is 0.800 bits per heavy atom. The molecule has 8 heteroatoms. The van der Waals surface area contributed by atoms with Crippen molar-refractivity contribution in [2.45, 2.75) is 117 Å². The zero-order chi connectivity index (χ0) is 32.2. The zero-order valence-electron chi connectivity index (χ0n) is 28.8. The summed E-state index contributed by atoms with van der Waals surface area (Å²) in [6.07, 6.45) is 18.1. The van der Waals surface area contributed by atoms with Gasteiger partial charge >= 0.3 is 0 Å². The van der Waals surface area contributed by atoms with Crippen LogP contribution in [0, 0.1) is 0 Å². The van der Waals surface area contributed by atoms with Crippen molar-refractivity contribution in [3.63, 3.8) is 0 Å². The van der Waals surface area contributed by atoms with E-state index in [2.05, 4.69) is 67.9 Å². The van der Waals surface area contributed by atoms with Gasteiger partial charge in [0.15, 0.2) is 11.5 Å². The third kappa shape index (κ3) is 9.21. The first-order valence-corrected chi connectivity index (χ1v) is 18.0. The summed E-state index contributed by atoms with van der Waals surface area (Å²) in [4.78, 5) is 3.85. The third-order valence-electron chi connectivity index (χ3n) is 8.47. The number of anilines is 1. The van der Waals surface area contributed by atoms with Gasteiger partial charge in [-0.25, -0.2) is 0 Å². The Kier molecular flexibility index (Phi) is 13.1. The maximum Gasteiger partial charge on any atom is 0.189 e. The molecular formula is C37H55N5O2S. The van der Waals surface area contributed by atoms with E-state index in [0.717, 1.165) is 41.0 Å². The number of hydrogen-bond acceptors (Lipinski definition) is 7. The van der Waals surface area contributed by atoms with Crippen LogP contribution in [0.25, 0.3) is 23.1 Å². The molecule has 3 heterocycles. The third-order valence-corrected chi connectivity index (χ3v) is 9.56. The molecular weight excluding hydrogens is 579 g/mol. The molecule has 0 amide bonds. The van der Waals surface area contributed by atoms with E-state index in [1.165, 1.54) is 86.9 Å². The van der Waals surface area contributed by atoms with Crippen LogP contribution in [0.3, 0.4) is 0 Å². The van der Waals surface area contributed by atoms with Crippen LogP contribution in [0.4, 0.5) is 5.00 Å². The summed E-state index contributed by atoms with van der Waals surface area (Å²) in [5.41, 5.74) is 2.38. The Morgan fingerprint density at radius 2 is 1.44 bits per heavy atom. The highest BCUT2D eigenvalue weighted by Crippen LogP contribution is 2.33. The maximum atomic E-state index is 5.67. The summed E-state index contributed by atoms with van der Waals surface area (Å²) in [6, 6.07) is 10.3. The molecule has 0 fully saturated rings. The maximum absolute atomic E-state index is 5.67. The fourth-order valence-electron chi connectivity index (χ4n) is 5.88. The number of benzene rings is 1. The Bertz CT molecular complexity index is 1500. The second kappa shape index (κ2) is 17.0. The fraction of sp³-hybridized carbons (Fsp3) is 0.595. The number of hydrogen-bond donors (Lipinski definition) is 0. The van der Waals surface area contributed by atoms with Crippen molar-refractivity contribution in [2.75, 3.05) is 32.2 Å². The van der Waals surface area contributed by atoms with Crippen LogP contribution in [0.2, 0.25) is 0 Å². The van der Waals surface area contributed by atoms with E-state index in [1.807, 2.05) is 34.1 Å². The van der Waals surface area contributed by atoms with Crippen molar-refractivity contribution in [3.05, 3.63) is 46.1 Å². The Labute approximate surface area is 275 Å². The van der Waals surface area contributed by atoms with Crippen molar-refractivity contribution in [1.29, 1.82) is 0 Å². The lowest BCUT2D eigenvalue weighted by Gasteiger charge is -2.23. The van der Waals surface area contributed by atoms with Crippen LogP contribution in [0.1, 0.15) is 122 Å². The molecule has 4 rings (SSSR count). The van der Waals surface area contributed by atoms with E-state index in [4.69, 9.17) is 14.6 Å². The first-order chi connectivity index (χ1) is 21.8. The molecule has 246 valence electrons. The van der Waals surface area contributed by atoms with Gasteiger partial charge in [0.25, 0.3) is 0 Å². The fourth-order valence-corrected chi connectivity index (χ4v) is 6.88. The molecule has 0 atom stereocenters. The molecule has 1 aromatic carbocycles. The van der Waals surface area contributed by atoms with Gasteiger partial charge in [-0.3, -0.25) is 0 Å². The number of nitrogens with zero attached hydrogens (tertiary/aromatic N) is 5. The van der Waals surface area contributed by atoms with E-state index < -0.39 is 0 Å². The molecule has 0 unspecified atom stereocenters. The van der Waals surface area contributed by atoms with E-state index in [0.29, 0.717) is 11.6 Å². The molecule has 0 N–H and O–H groups in total. The van der Waals surface area contributed by atoms with Gasteiger partial charge in [0.05, 0.1) is 30.5 Å². The molecule has 4 aromatic rings. The quantitative estimate of drug-likeness (QED) is 0.0959. The van der Waals surface area contributed by atoms with Gasteiger partial charge in [-0.2, -0.15) is 9.61 Å². The van der Waals surface area contributed by atoms with Gasteiger partial charge < -0.3 is 14.4 Å². The first-order valence-electron chi connectivity index (χ1n) is 17.1. The second-order valence-electron chi connectivity index (χ2n) is 13.2. The number of thiophene rings is 1. The van der Waals surface area contributed by atoms with Crippen LogP contribution < -0.4 is 19.6 Å². The second-order valence-corrected chi connectivity index (χ2v) is 14.3. The summed E-state index contributed by atoms with van der Waals surface area (Å²) in [5.74, 6) is 2.07. The Balaban J connectivity index is 1.64. The predicted molar refractivity (Wildman–Crippen MR) is 190 cm³/mol. The average Bonchev–Trinajstić information content (AvgIpc) is 3.76. The number of aromatic nitrogens is 4. The van der Waals surface area contributed by atoms with Gasteiger partial charge in [-0.1, -0.05) is 98.8 Å². The minimum absolute atomic E-state index is 0.177. The van der Waals surface area contributed by atoms with Gasteiger partial charge in [-0.05, 0) is 49.2 Å². The molecule has 0 aliphatic rings. The highest BCUT2D eigenvalue weighted by molar-refractivity contribution is 7.16. The Morgan fingerprint density at radius 3 is 2.04 bits per heavy atom. The minimum Gasteiger partial charge on any atom is -0.497 e. The molecule has 7 nitrogen and oxygen atoms in total. The van der Waals surface area contributed by atoms with E-state index in [1.54, 1.807) is 14.2 Å². The lowest BCUT2D eigenvalue weighted by atomic mass is 9.91. The normalized spacial score (nSPS) is 12.4. The highest BCUT2D eigenvalue weighted by Gasteiger charge is 2.25. The van der Waals surface area contributed by atoms with Crippen LogP contribution >= 0.6 is 11.3 Å². The highest BCUT2D eigenvalue weighted by atomic mass is 32.1. The molecule has 0 saturated carbocycles. The van der Waals surface area contributed by atoms with E-state index in [9.17, 15) is 0 Å². The standard InChI is InChI=1S/C37H55N5O2S/c1-8-10-12-14-16-18-24-41(25-19-17-15-13-11-9-2)33-23-21-29(45-33)27-31-34(37(3,4)5)40-42-35(38-39-36(31)42)30-26-28(43-6)20-22-32(30)44-7/h20-23,26-27H,8-19,24-25H2,1-7H3/b31-27-. The topological polar surface area (TPSA) is 64.8 Å². The smallest absolute Gasteiger partial charge is 0.189 e. The summed E-state index contributed by atoms with van der Waals surface area (Å²) in [7, 11) is 3.33. The zero-order valence-corrected chi connectivity index (χ0v) is 29.6. The van der Waals surface area contributed by atoms with Crippen LogP contribution in [0.5, 0.6) is 11.5 Å². The van der Waals surface area contributed by atoms with E-state index >= 15 is 0 Å². The van der Waals surface area contributed by atoms with Gasteiger partial charge in [-0.15, -0.1) is 21.5 Å². The van der Waals surface area contributed by atoms with Crippen molar-refractivity contribution in [2.24, 2.45) is 0 Å². The Hall–Kier alpha value is -3.13. The monoisotopic (exact) mass is 633 g/mol. The lowest BCUT2D eigenvalue weighted by Crippen LogP contribution is -2.24. The number of unbranched alkanes of at least 4 members (excludes halogenated alkanes) is 10. The first kappa shape index (κ1) is 34.7. The number of ether oxygens (including phenoxy) is 2. The van der Waals surface area contributed by atoms with Crippen molar-refractivity contribution < 1.29 is 9.47 Å². The average molecular weight is 634 g/mol. The summed E-state index contributed by atoms with van der Waals surface area (Å²) in [6.45, 7) is 13.4. The molecule has 3 aromatic heterocycles. The molecule has 0 spiro atoms. The summed E-state index contributed by atoms with van der Waals surface area (Å²) in [5, 5.41) is 16.7. The summed E-state index contributed by atoms with van der Waals surface area (Å²) < 4.78 is 13.0. The SMILES string of the molecule is CCCCCCCCN(CCCCCCCC)c1ccc(/C=c2/c(C(C)(C)C)nn3c(-c4cc(OC)ccc4OC)nnc23)s1. The molecule has 0 bridgehead atoms. The van der Waals surface area contributed by atoms with E-state index in [-0.39, 0.29) is 5.41 Å². The van der Waals surface area contributed by atoms with Crippen molar-refractivity contribution in [3.8, 4) is 22.9 Å². The lowest BCUT2D eigenvalue weighted by molar-refractivity contribution is 0.404. The largest absolute Gasteiger partial charge is 0.497 e. The predicted octanol–water partition coefficient (Wildman–Crippen LogP) is 9.24. The van der Waals surface area contributed by atoms with Crippen LogP contribution in [0.15, 0.2) is 30.3 Å². The molecule has 0 radical (unpaired) electrons. The van der Waals surface area contributed by atoms with Gasteiger partial charge in [0.2, 0.25) is 0 Å². The molecule has 0 aliphatic carbocycles. The molecule has 0 aliphatic heterocycles. The number of rotatable bonds is 19. The van der Waals surface area contributed by atoms with Crippen molar-refractivity contribution in [1.82, 2.24) is 19.8 Å². The number of methoxy groups -OCH3 is 2. The summed E-state index contributed by atoms with van der Waals surface area (Å²) >= 11 is 1.87.